The maximum atomic E-state index is 12.0. The summed E-state index contributed by atoms with van der Waals surface area (Å²) in [6, 6.07) is 10.8. The summed E-state index contributed by atoms with van der Waals surface area (Å²) in [5.41, 5.74) is 0.546. The molecule has 0 aliphatic heterocycles. The predicted molar refractivity (Wildman–Crippen MR) is 76.4 cm³/mol. The van der Waals surface area contributed by atoms with E-state index < -0.39 is 5.60 Å². The number of nitrogens with one attached hydrogen (secondary N) is 1. The van der Waals surface area contributed by atoms with Crippen LogP contribution in [0.2, 0.25) is 0 Å². The van der Waals surface area contributed by atoms with Gasteiger partial charge in [-0.15, -0.1) is 0 Å². The summed E-state index contributed by atoms with van der Waals surface area (Å²) in [6.07, 6.45) is 2.43. The molecule has 1 aromatic carbocycles. The third kappa shape index (κ3) is 3.27. The number of benzene rings is 1. The molecule has 2 aromatic rings. The van der Waals surface area contributed by atoms with Gasteiger partial charge in [-0.05, 0) is 43.2 Å². The van der Waals surface area contributed by atoms with Gasteiger partial charge in [0.1, 0.15) is 11.4 Å². The first-order chi connectivity index (χ1) is 9.53. The number of aliphatic hydroxyl groups is 1. The molecular formula is C16H19NO3. The molecule has 0 radical (unpaired) electrons. The lowest BCUT2D eigenvalue weighted by molar-refractivity contribution is 0.0330. The van der Waals surface area contributed by atoms with Crippen LogP contribution in [0, 0.1) is 0 Å². The van der Waals surface area contributed by atoms with E-state index in [2.05, 4.69) is 12.2 Å². The summed E-state index contributed by atoms with van der Waals surface area (Å²) in [5.74, 6) is 0.221. The fourth-order valence-electron chi connectivity index (χ4n) is 1.92. The van der Waals surface area contributed by atoms with Gasteiger partial charge in [-0.3, -0.25) is 4.79 Å². The van der Waals surface area contributed by atoms with Crippen molar-refractivity contribution in [2.24, 2.45) is 0 Å². The van der Waals surface area contributed by atoms with Gasteiger partial charge in [-0.1, -0.05) is 19.1 Å². The number of furan rings is 1. The van der Waals surface area contributed by atoms with Gasteiger partial charge in [0.25, 0.3) is 5.91 Å². The largest absolute Gasteiger partial charge is 0.466 e. The van der Waals surface area contributed by atoms with Gasteiger partial charge >= 0.3 is 0 Å². The van der Waals surface area contributed by atoms with Crippen LogP contribution < -0.4 is 5.32 Å². The minimum atomic E-state index is -1.22. The molecule has 0 saturated carbocycles. The summed E-state index contributed by atoms with van der Waals surface area (Å²) in [4.78, 5) is 12.0. The number of aryl methyl sites for hydroxylation is 1. The topological polar surface area (TPSA) is 62.5 Å². The summed E-state index contributed by atoms with van der Waals surface area (Å²) < 4.78 is 5.17. The normalized spacial score (nSPS) is 13.8. The zero-order valence-corrected chi connectivity index (χ0v) is 11.7. The molecule has 4 heteroatoms. The first kappa shape index (κ1) is 14.3. The average molecular weight is 273 g/mol. The molecule has 0 aliphatic rings. The van der Waals surface area contributed by atoms with Crippen molar-refractivity contribution in [1.82, 2.24) is 5.32 Å². The van der Waals surface area contributed by atoms with Crippen LogP contribution in [0.4, 0.5) is 0 Å². The van der Waals surface area contributed by atoms with Gasteiger partial charge in [-0.25, -0.2) is 0 Å². The Bertz CT molecular complexity index is 556. The highest BCUT2D eigenvalue weighted by atomic mass is 16.4. The fraction of sp³-hybridized carbons (Fsp3) is 0.312. The quantitative estimate of drug-likeness (QED) is 0.879. The van der Waals surface area contributed by atoms with Crippen LogP contribution in [0.15, 0.2) is 47.1 Å². The van der Waals surface area contributed by atoms with E-state index in [9.17, 15) is 9.90 Å². The molecule has 106 valence electrons. The Morgan fingerprint density at radius 3 is 2.55 bits per heavy atom. The highest BCUT2D eigenvalue weighted by Crippen LogP contribution is 2.19. The number of hydrogen-bond donors (Lipinski definition) is 2. The van der Waals surface area contributed by atoms with Crippen molar-refractivity contribution < 1.29 is 14.3 Å². The van der Waals surface area contributed by atoms with E-state index in [0.717, 1.165) is 6.42 Å². The summed E-state index contributed by atoms with van der Waals surface area (Å²) in [7, 11) is 0. The van der Waals surface area contributed by atoms with E-state index in [4.69, 9.17) is 4.42 Å². The summed E-state index contributed by atoms with van der Waals surface area (Å²) >= 11 is 0. The van der Waals surface area contributed by atoms with Crippen LogP contribution in [-0.2, 0) is 12.0 Å². The molecule has 1 amide bonds. The zero-order chi connectivity index (χ0) is 14.6. The number of carbonyl (C=O) groups excluding carboxylic acids is 1. The van der Waals surface area contributed by atoms with Crippen LogP contribution in [0.25, 0.3) is 0 Å². The van der Waals surface area contributed by atoms with Crippen molar-refractivity contribution in [1.29, 1.82) is 0 Å². The smallest absolute Gasteiger partial charge is 0.251 e. The molecule has 1 unspecified atom stereocenters. The second kappa shape index (κ2) is 5.92. The van der Waals surface area contributed by atoms with E-state index in [1.165, 1.54) is 11.8 Å². The highest BCUT2D eigenvalue weighted by molar-refractivity contribution is 5.94. The SMILES string of the molecule is CCc1ccc(C(=O)NCC(C)(O)c2ccco2)cc1. The molecule has 1 heterocycles. The van der Waals surface area contributed by atoms with Gasteiger partial charge in [0.15, 0.2) is 0 Å². The van der Waals surface area contributed by atoms with Crippen molar-refractivity contribution in [2.75, 3.05) is 6.54 Å². The molecule has 20 heavy (non-hydrogen) atoms. The standard InChI is InChI=1S/C16H19NO3/c1-3-12-6-8-13(9-7-12)15(18)17-11-16(2,19)14-5-4-10-20-14/h4-10,19H,3,11H2,1-2H3,(H,17,18). The Morgan fingerprint density at radius 2 is 2.00 bits per heavy atom. The van der Waals surface area contributed by atoms with Crippen LogP contribution in [0.5, 0.6) is 0 Å². The molecule has 0 aliphatic carbocycles. The molecule has 1 atom stereocenters. The Hall–Kier alpha value is -2.07. The molecule has 2 N–H and O–H groups in total. The van der Waals surface area contributed by atoms with E-state index in [0.29, 0.717) is 11.3 Å². The number of hydrogen-bond acceptors (Lipinski definition) is 3. The van der Waals surface area contributed by atoms with Gasteiger partial charge < -0.3 is 14.8 Å². The van der Waals surface area contributed by atoms with Gasteiger partial charge in [-0.2, -0.15) is 0 Å². The van der Waals surface area contributed by atoms with Crippen molar-refractivity contribution >= 4 is 5.91 Å². The first-order valence-corrected chi connectivity index (χ1v) is 6.66. The molecule has 0 spiro atoms. The van der Waals surface area contributed by atoms with Crippen LogP contribution in [0.1, 0.15) is 35.5 Å². The lowest BCUT2D eigenvalue weighted by atomic mass is 10.0. The number of rotatable bonds is 5. The summed E-state index contributed by atoms with van der Waals surface area (Å²) in [5, 5.41) is 13.0. The van der Waals surface area contributed by atoms with Crippen LogP contribution in [0.3, 0.4) is 0 Å². The molecule has 2 rings (SSSR count). The maximum Gasteiger partial charge on any atom is 0.251 e. The van der Waals surface area contributed by atoms with Crippen molar-refractivity contribution in [3.05, 3.63) is 59.5 Å². The Kier molecular flexibility index (Phi) is 4.25. The first-order valence-electron chi connectivity index (χ1n) is 6.66. The van der Waals surface area contributed by atoms with Crippen molar-refractivity contribution in [3.8, 4) is 0 Å². The Morgan fingerprint density at radius 1 is 1.30 bits per heavy atom. The fourth-order valence-corrected chi connectivity index (χ4v) is 1.92. The van der Waals surface area contributed by atoms with Gasteiger partial charge in [0, 0.05) is 5.56 Å². The van der Waals surface area contributed by atoms with E-state index >= 15 is 0 Å². The van der Waals surface area contributed by atoms with Gasteiger partial charge in [0.05, 0.1) is 12.8 Å². The molecule has 4 nitrogen and oxygen atoms in total. The third-order valence-corrected chi connectivity index (χ3v) is 3.27. The third-order valence-electron chi connectivity index (χ3n) is 3.27. The zero-order valence-electron chi connectivity index (χ0n) is 11.7. The van der Waals surface area contributed by atoms with E-state index in [-0.39, 0.29) is 12.5 Å². The molecule has 0 fully saturated rings. The Balaban J connectivity index is 1.98. The van der Waals surface area contributed by atoms with Crippen molar-refractivity contribution in [3.63, 3.8) is 0 Å². The second-order valence-electron chi connectivity index (χ2n) is 4.98. The Labute approximate surface area is 118 Å². The lowest BCUT2D eigenvalue weighted by Crippen LogP contribution is -2.38. The lowest BCUT2D eigenvalue weighted by Gasteiger charge is -2.21. The van der Waals surface area contributed by atoms with Crippen LogP contribution in [-0.4, -0.2) is 17.6 Å². The minimum absolute atomic E-state index is 0.0921. The number of amides is 1. The molecule has 1 aromatic heterocycles. The monoisotopic (exact) mass is 273 g/mol. The second-order valence-corrected chi connectivity index (χ2v) is 4.98. The van der Waals surface area contributed by atoms with Crippen molar-refractivity contribution in [2.45, 2.75) is 25.9 Å². The van der Waals surface area contributed by atoms with Crippen LogP contribution >= 0.6 is 0 Å². The highest BCUT2D eigenvalue weighted by Gasteiger charge is 2.26. The van der Waals surface area contributed by atoms with Gasteiger partial charge in [0.2, 0.25) is 0 Å². The molecule has 0 saturated heterocycles. The van der Waals surface area contributed by atoms with E-state index in [1.54, 1.807) is 31.2 Å². The maximum absolute atomic E-state index is 12.0. The van der Waals surface area contributed by atoms with E-state index in [1.807, 2.05) is 12.1 Å². The predicted octanol–water partition coefficient (Wildman–Crippen LogP) is 2.48. The molecule has 0 bridgehead atoms. The summed E-state index contributed by atoms with van der Waals surface area (Å²) in [6.45, 7) is 3.76. The minimum Gasteiger partial charge on any atom is -0.466 e. The average Bonchev–Trinajstić information content (AvgIpc) is 3.00. The molecular weight excluding hydrogens is 254 g/mol. The number of carbonyl (C=O) groups is 1.